The highest BCUT2D eigenvalue weighted by atomic mass is 32.1. The number of anilines is 1. The van der Waals surface area contributed by atoms with Gasteiger partial charge in [0.25, 0.3) is 0 Å². The van der Waals surface area contributed by atoms with E-state index < -0.39 is 0 Å². The third kappa shape index (κ3) is 5.31. The molecule has 0 fully saturated rings. The van der Waals surface area contributed by atoms with Crippen LogP contribution in [0.1, 0.15) is 16.8 Å². The molecular formula is C28H25N5OS. The number of H-pyrrole nitrogens is 1. The number of aromatic amines is 1. The number of nitrogens with zero attached hydrogens (tertiary/aromatic N) is 3. The molecule has 0 saturated carbocycles. The highest BCUT2D eigenvalue weighted by Gasteiger charge is 2.15. The summed E-state index contributed by atoms with van der Waals surface area (Å²) in [5.74, 6) is -0.0627. The monoisotopic (exact) mass is 479 g/mol. The number of aromatic nitrogens is 3. The molecule has 0 aliphatic carbocycles. The average molecular weight is 480 g/mol. The van der Waals surface area contributed by atoms with Crippen molar-refractivity contribution in [1.29, 1.82) is 0 Å². The highest BCUT2D eigenvalue weighted by Crippen LogP contribution is 2.32. The predicted molar refractivity (Wildman–Crippen MR) is 142 cm³/mol. The van der Waals surface area contributed by atoms with Gasteiger partial charge in [-0.3, -0.25) is 9.89 Å². The predicted octanol–water partition coefficient (Wildman–Crippen LogP) is 5.77. The summed E-state index contributed by atoms with van der Waals surface area (Å²) in [5.41, 5.74) is 7.90. The molecule has 7 heteroatoms. The van der Waals surface area contributed by atoms with E-state index in [1.54, 1.807) is 6.20 Å². The SMILES string of the molecule is C=C1C=CN(c2cccc(CNC(=O)Cc3csc(-c4cn[nH]c4-c4ccc(C)cc4)n3)c2)C=C1. The van der Waals surface area contributed by atoms with E-state index in [9.17, 15) is 4.79 Å². The molecule has 1 aliphatic rings. The van der Waals surface area contributed by atoms with Crippen molar-refractivity contribution in [3.05, 3.63) is 114 Å². The molecule has 1 amide bonds. The van der Waals surface area contributed by atoms with E-state index in [0.29, 0.717) is 6.54 Å². The first-order chi connectivity index (χ1) is 17.0. The Kier molecular flexibility index (Phi) is 6.41. The van der Waals surface area contributed by atoms with Gasteiger partial charge in [-0.1, -0.05) is 48.5 Å². The Morgan fingerprint density at radius 2 is 1.94 bits per heavy atom. The van der Waals surface area contributed by atoms with Crippen LogP contribution in [0.25, 0.3) is 21.8 Å². The van der Waals surface area contributed by atoms with Crippen molar-refractivity contribution in [2.75, 3.05) is 4.90 Å². The van der Waals surface area contributed by atoms with Crippen LogP contribution in [-0.2, 0) is 17.8 Å². The number of hydrogen-bond donors (Lipinski definition) is 2. The van der Waals surface area contributed by atoms with Gasteiger partial charge in [0.1, 0.15) is 5.01 Å². The Bertz CT molecular complexity index is 1410. The van der Waals surface area contributed by atoms with Crippen LogP contribution in [0.3, 0.4) is 0 Å². The van der Waals surface area contributed by atoms with E-state index >= 15 is 0 Å². The van der Waals surface area contributed by atoms with Crippen LogP contribution in [0.15, 0.2) is 96.8 Å². The number of thiazole rings is 1. The lowest BCUT2D eigenvalue weighted by atomic mass is 10.1. The van der Waals surface area contributed by atoms with Gasteiger partial charge in [0.2, 0.25) is 5.91 Å². The van der Waals surface area contributed by atoms with Crippen LogP contribution >= 0.6 is 11.3 Å². The lowest BCUT2D eigenvalue weighted by Crippen LogP contribution is -2.24. The first-order valence-corrected chi connectivity index (χ1v) is 12.2. The lowest BCUT2D eigenvalue weighted by Gasteiger charge is -2.19. The standard InChI is InChI=1S/C28H25N5OS/c1-19-6-8-22(9-7-19)27-25(17-30-32-27)28-31-23(18-35-28)15-26(34)29-16-21-4-3-5-24(14-21)33-12-10-20(2)11-13-33/h3-14,17-18H,2,15-16H2,1H3,(H,29,34)(H,30,32). The van der Waals surface area contributed by atoms with Crippen molar-refractivity contribution in [2.45, 2.75) is 19.9 Å². The molecule has 0 radical (unpaired) electrons. The Hall–Kier alpha value is -4.23. The number of hydrogen-bond acceptors (Lipinski definition) is 5. The zero-order chi connectivity index (χ0) is 24.2. The van der Waals surface area contributed by atoms with Gasteiger partial charge in [-0.05, 0) is 42.3 Å². The molecule has 0 atom stereocenters. The largest absolute Gasteiger partial charge is 0.352 e. The van der Waals surface area contributed by atoms with Crippen LogP contribution in [0.5, 0.6) is 0 Å². The molecule has 0 saturated heterocycles. The molecule has 174 valence electrons. The molecule has 2 N–H and O–H groups in total. The first-order valence-electron chi connectivity index (χ1n) is 11.3. The molecule has 4 aromatic rings. The molecule has 35 heavy (non-hydrogen) atoms. The number of benzene rings is 2. The molecular weight excluding hydrogens is 454 g/mol. The van der Waals surface area contributed by atoms with Crippen molar-refractivity contribution >= 4 is 22.9 Å². The van der Waals surface area contributed by atoms with E-state index in [1.807, 2.05) is 53.0 Å². The van der Waals surface area contributed by atoms with Gasteiger partial charge in [-0.25, -0.2) is 4.98 Å². The summed E-state index contributed by atoms with van der Waals surface area (Å²) in [6.45, 7) is 6.44. The minimum Gasteiger partial charge on any atom is -0.352 e. The summed E-state index contributed by atoms with van der Waals surface area (Å²) >= 11 is 1.52. The van der Waals surface area contributed by atoms with Crippen LogP contribution < -0.4 is 10.2 Å². The molecule has 3 heterocycles. The number of nitrogens with one attached hydrogen (secondary N) is 2. The maximum atomic E-state index is 12.6. The third-order valence-corrected chi connectivity index (χ3v) is 6.62. The fourth-order valence-corrected chi connectivity index (χ4v) is 4.62. The molecule has 0 unspecified atom stereocenters. The van der Waals surface area contributed by atoms with E-state index in [4.69, 9.17) is 4.98 Å². The number of rotatable bonds is 7. The lowest BCUT2D eigenvalue weighted by molar-refractivity contribution is -0.120. The van der Waals surface area contributed by atoms with Gasteiger partial charge < -0.3 is 10.2 Å². The van der Waals surface area contributed by atoms with Crippen LogP contribution in [0.2, 0.25) is 0 Å². The minimum absolute atomic E-state index is 0.0627. The molecule has 0 spiro atoms. The molecule has 2 aromatic carbocycles. The second-order valence-electron chi connectivity index (χ2n) is 8.41. The highest BCUT2D eigenvalue weighted by molar-refractivity contribution is 7.13. The minimum atomic E-state index is -0.0627. The Labute approximate surface area is 208 Å². The molecule has 5 rings (SSSR count). The number of carbonyl (C=O) groups excluding carboxylic acids is 1. The molecule has 0 bridgehead atoms. The van der Waals surface area contributed by atoms with E-state index in [-0.39, 0.29) is 12.3 Å². The van der Waals surface area contributed by atoms with Gasteiger partial charge in [-0.2, -0.15) is 5.10 Å². The number of amides is 1. The fraction of sp³-hybridized carbons (Fsp3) is 0.107. The average Bonchev–Trinajstić information content (AvgIpc) is 3.54. The third-order valence-electron chi connectivity index (χ3n) is 5.70. The number of aryl methyl sites for hydroxylation is 1. The second kappa shape index (κ2) is 9.95. The topological polar surface area (TPSA) is 73.9 Å². The van der Waals surface area contributed by atoms with Gasteiger partial charge in [0.15, 0.2) is 0 Å². The van der Waals surface area contributed by atoms with Crippen LogP contribution in [0, 0.1) is 6.92 Å². The quantitative estimate of drug-likeness (QED) is 0.353. The summed E-state index contributed by atoms with van der Waals surface area (Å²) in [5, 5.41) is 13.1. The van der Waals surface area contributed by atoms with E-state index in [1.165, 1.54) is 16.9 Å². The van der Waals surface area contributed by atoms with Crippen molar-refractivity contribution in [3.8, 4) is 21.8 Å². The van der Waals surface area contributed by atoms with Crippen molar-refractivity contribution in [3.63, 3.8) is 0 Å². The molecule has 2 aromatic heterocycles. The second-order valence-corrected chi connectivity index (χ2v) is 9.26. The van der Waals surface area contributed by atoms with Crippen LogP contribution in [0.4, 0.5) is 5.69 Å². The summed E-state index contributed by atoms with van der Waals surface area (Å²) in [7, 11) is 0. The first kappa shape index (κ1) is 22.6. The van der Waals surface area contributed by atoms with E-state index in [0.717, 1.165) is 44.3 Å². The number of allylic oxidation sites excluding steroid dienone is 3. The van der Waals surface area contributed by atoms with Crippen molar-refractivity contribution in [1.82, 2.24) is 20.5 Å². The van der Waals surface area contributed by atoms with Gasteiger partial charge >= 0.3 is 0 Å². The smallest absolute Gasteiger partial charge is 0.226 e. The Balaban J connectivity index is 1.21. The zero-order valence-electron chi connectivity index (χ0n) is 19.4. The molecule has 6 nitrogen and oxygen atoms in total. The van der Waals surface area contributed by atoms with Gasteiger partial charge in [-0.15, -0.1) is 11.3 Å². The number of carbonyl (C=O) groups is 1. The molecule has 1 aliphatic heterocycles. The zero-order valence-corrected chi connectivity index (χ0v) is 20.2. The summed E-state index contributed by atoms with van der Waals surface area (Å²) in [6.07, 6.45) is 9.89. The maximum absolute atomic E-state index is 12.6. The maximum Gasteiger partial charge on any atom is 0.226 e. The summed E-state index contributed by atoms with van der Waals surface area (Å²) in [4.78, 5) is 19.3. The Morgan fingerprint density at radius 1 is 1.14 bits per heavy atom. The van der Waals surface area contributed by atoms with Crippen LogP contribution in [-0.4, -0.2) is 21.1 Å². The normalized spacial score (nSPS) is 12.8. The van der Waals surface area contributed by atoms with Crippen molar-refractivity contribution < 1.29 is 4.79 Å². The van der Waals surface area contributed by atoms with Crippen molar-refractivity contribution in [2.24, 2.45) is 0 Å². The Morgan fingerprint density at radius 3 is 2.74 bits per heavy atom. The van der Waals surface area contributed by atoms with Gasteiger partial charge in [0, 0.05) is 35.6 Å². The summed E-state index contributed by atoms with van der Waals surface area (Å²) < 4.78 is 0. The van der Waals surface area contributed by atoms with E-state index in [2.05, 4.69) is 59.3 Å². The van der Waals surface area contributed by atoms with Gasteiger partial charge in [0.05, 0.1) is 29.6 Å². The fourth-order valence-electron chi connectivity index (χ4n) is 3.78. The summed E-state index contributed by atoms with van der Waals surface area (Å²) in [6, 6.07) is 16.4.